The highest BCUT2D eigenvalue weighted by Gasteiger charge is 2.13. The van der Waals surface area contributed by atoms with Crippen LogP contribution < -0.4 is 5.32 Å². The van der Waals surface area contributed by atoms with Gasteiger partial charge < -0.3 is 14.8 Å². The summed E-state index contributed by atoms with van der Waals surface area (Å²) in [5, 5.41) is 13.7. The summed E-state index contributed by atoms with van der Waals surface area (Å²) in [6.07, 6.45) is 5.59. The van der Waals surface area contributed by atoms with E-state index in [9.17, 15) is 0 Å². The summed E-state index contributed by atoms with van der Waals surface area (Å²) < 4.78 is 2.16. The van der Waals surface area contributed by atoms with Crippen molar-refractivity contribution in [1.82, 2.24) is 14.5 Å². The molecule has 182 valence electrons. The number of hydrogen-bond acceptors (Lipinski definition) is 3. The van der Waals surface area contributed by atoms with Gasteiger partial charge in [0.2, 0.25) is 0 Å². The minimum absolute atomic E-state index is 0.667. The molecule has 1 aromatic heterocycles. The van der Waals surface area contributed by atoms with E-state index < -0.39 is 0 Å². The Morgan fingerprint density at radius 2 is 1.92 bits per heavy atom. The molecule has 36 heavy (non-hydrogen) atoms. The first-order valence-corrected chi connectivity index (χ1v) is 12.6. The molecule has 0 aliphatic rings. The third kappa shape index (κ3) is 6.94. The van der Waals surface area contributed by atoms with Crippen LogP contribution in [0.25, 0.3) is 0 Å². The zero-order valence-corrected chi connectivity index (χ0v) is 21.8. The Labute approximate surface area is 223 Å². The van der Waals surface area contributed by atoms with Gasteiger partial charge in [-0.25, -0.2) is 4.98 Å². The van der Waals surface area contributed by atoms with Crippen molar-refractivity contribution in [1.29, 1.82) is 5.26 Å². The van der Waals surface area contributed by atoms with Crippen LogP contribution >= 0.6 is 23.8 Å². The Morgan fingerprint density at radius 1 is 1.11 bits per heavy atom. The first-order valence-electron chi connectivity index (χ1n) is 11.9. The zero-order chi connectivity index (χ0) is 25.3. The molecule has 0 radical (unpaired) electrons. The van der Waals surface area contributed by atoms with Crippen molar-refractivity contribution in [3.63, 3.8) is 0 Å². The van der Waals surface area contributed by atoms with Crippen LogP contribution in [-0.2, 0) is 19.5 Å². The summed E-state index contributed by atoms with van der Waals surface area (Å²) in [6, 6.07) is 25.8. The molecule has 4 aromatic rings. The second-order valence-electron chi connectivity index (χ2n) is 8.71. The molecule has 4 rings (SSSR count). The fourth-order valence-electron chi connectivity index (χ4n) is 4.05. The molecule has 0 aliphatic carbocycles. The lowest BCUT2D eigenvalue weighted by atomic mass is 10.1. The van der Waals surface area contributed by atoms with Crippen molar-refractivity contribution in [3.05, 3.63) is 118 Å². The first-order chi connectivity index (χ1) is 17.5. The standard InChI is InChI=1S/C29H28ClN5S/c1-22-6-2-3-7-25(22)20-34(29(36)33-27-9-4-8-26(30)16-27)15-5-10-28-18-32-21-35(28)19-24-13-11-23(17-31)12-14-24/h2-4,6-9,11-14,16,18,21H,5,10,15,19-20H2,1H3,(H,33,36). The minimum atomic E-state index is 0.667. The molecule has 5 nitrogen and oxygen atoms in total. The number of nitriles is 1. The molecule has 0 fully saturated rings. The van der Waals surface area contributed by atoms with Gasteiger partial charge in [-0.1, -0.05) is 54.1 Å². The van der Waals surface area contributed by atoms with E-state index in [2.05, 4.69) is 57.0 Å². The van der Waals surface area contributed by atoms with Gasteiger partial charge in [-0.3, -0.25) is 0 Å². The van der Waals surface area contributed by atoms with Gasteiger partial charge in [-0.15, -0.1) is 0 Å². The van der Waals surface area contributed by atoms with Crippen molar-refractivity contribution < 1.29 is 0 Å². The number of aryl methyl sites for hydroxylation is 2. The molecule has 7 heteroatoms. The largest absolute Gasteiger partial charge is 0.345 e. The number of hydrogen-bond donors (Lipinski definition) is 1. The second-order valence-corrected chi connectivity index (χ2v) is 9.54. The quantitative estimate of drug-likeness (QED) is 0.256. The fraction of sp³-hybridized carbons (Fsp3) is 0.207. The van der Waals surface area contributed by atoms with E-state index in [0.29, 0.717) is 15.7 Å². The fourth-order valence-corrected chi connectivity index (χ4v) is 4.51. The molecular formula is C29H28ClN5S. The number of benzene rings is 3. The smallest absolute Gasteiger partial charge is 0.173 e. The Balaban J connectivity index is 1.42. The number of anilines is 1. The van der Waals surface area contributed by atoms with Crippen LogP contribution in [-0.4, -0.2) is 26.1 Å². The molecule has 0 amide bonds. The van der Waals surface area contributed by atoms with Crippen molar-refractivity contribution in [2.24, 2.45) is 0 Å². The highest BCUT2D eigenvalue weighted by molar-refractivity contribution is 7.80. The lowest BCUT2D eigenvalue weighted by molar-refractivity contribution is 0.407. The van der Waals surface area contributed by atoms with Crippen molar-refractivity contribution in [2.75, 3.05) is 11.9 Å². The topological polar surface area (TPSA) is 56.9 Å². The summed E-state index contributed by atoms with van der Waals surface area (Å²) in [5.41, 5.74) is 6.35. The second kappa shape index (κ2) is 12.3. The molecule has 1 heterocycles. The van der Waals surface area contributed by atoms with Crippen LogP contribution in [0.2, 0.25) is 5.02 Å². The molecule has 0 saturated carbocycles. The summed E-state index contributed by atoms with van der Waals surface area (Å²) in [6.45, 7) is 4.37. The Hall–Kier alpha value is -3.66. The summed E-state index contributed by atoms with van der Waals surface area (Å²) >= 11 is 12.0. The molecule has 3 aromatic carbocycles. The highest BCUT2D eigenvalue weighted by Crippen LogP contribution is 2.18. The van der Waals surface area contributed by atoms with Crippen molar-refractivity contribution in [2.45, 2.75) is 32.9 Å². The minimum Gasteiger partial charge on any atom is -0.345 e. The van der Waals surface area contributed by atoms with Gasteiger partial charge in [0.15, 0.2) is 5.11 Å². The van der Waals surface area contributed by atoms with E-state index in [-0.39, 0.29) is 0 Å². The van der Waals surface area contributed by atoms with Crippen LogP contribution in [0.5, 0.6) is 0 Å². The van der Waals surface area contributed by atoms with Gasteiger partial charge in [0, 0.05) is 42.2 Å². The Morgan fingerprint density at radius 3 is 2.67 bits per heavy atom. The number of aromatic nitrogens is 2. The van der Waals surface area contributed by atoms with Gasteiger partial charge >= 0.3 is 0 Å². The van der Waals surface area contributed by atoms with E-state index in [4.69, 9.17) is 29.1 Å². The number of nitrogens with one attached hydrogen (secondary N) is 1. The van der Waals surface area contributed by atoms with E-state index in [0.717, 1.165) is 43.7 Å². The summed E-state index contributed by atoms with van der Waals surface area (Å²) in [4.78, 5) is 6.58. The van der Waals surface area contributed by atoms with E-state index in [1.54, 1.807) is 0 Å². The molecule has 0 spiro atoms. The molecule has 0 saturated heterocycles. The van der Waals surface area contributed by atoms with E-state index >= 15 is 0 Å². The maximum absolute atomic E-state index is 9.02. The number of rotatable bonds is 9. The number of imidazole rings is 1. The number of halogens is 1. The van der Waals surface area contributed by atoms with E-state index in [1.165, 1.54) is 16.8 Å². The first kappa shape index (κ1) is 25.4. The van der Waals surface area contributed by atoms with Gasteiger partial charge in [0.1, 0.15) is 0 Å². The maximum Gasteiger partial charge on any atom is 0.173 e. The third-order valence-corrected chi connectivity index (χ3v) is 6.68. The summed E-state index contributed by atoms with van der Waals surface area (Å²) in [5.74, 6) is 0. The Bertz CT molecular complexity index is 1360. The number of thiocarbonyl (C=S) groups is 1. The van der Waals surface area contributed by atoms with Gasteiger partial charge in [0.05, 0.1) is 18.0 Å². The zero-order valence-electron chi connectivity index (χ0n) is 20.2. The van der Waals surface area contributed by atoms with Crippen LogP contribution in [0.3, 0.4) is 0 Å². The van der Waals surface area contributed by atoms with E-state index in [1.807, 2.05) is 61.1 Å². The lowest BCUT2D eigenvalue weighted by Crippen LogP contribution is -2.35. The average molecular weight is 514 g/mol. The highest BCUT2D eigenvalue weighted by atomic mass is 35.5. The van der Waals surface area contributed by atoms with Gasteiger partial charge in [0.25, 0.3) is 0 Å². The van der Waals surface area contributed by atoms with Gasteiger partial charge in [-0.2, -0.15) is 5.26 Å². The van der Waals surface area contributed by atoms with Crippen LogP contribution in [0.15, 0.2) is 85.3 Å². The predicted octanol–water partition coefficient (Wildman–Crippen LogP) is 6.60. The predicted molar refractivity (Wildman–Crippen MR) is 150 cm³/mol. The van der Waals surface area contributed by atoms with Crippen molar-refractivity contribution in [3.8, 4) is 6.07 Å². The monoisotopic (exact) mass is 513 g/mol. The Kier molecular flexibility index (Phi) is 8.72. The molecule has 0 bridgehead atoms. The average Bonchev–Trinajstić information content (AvgIpc) is 3.31. The lowest BCUT2D eigenvalue weighted by Gasteiger charge is -2.27. The number of nitrogens with zero attached hydrogens (tertiary/aromatic N) is 4. The normalized spacial score (nSPS) is 10.6. The molecule has 0 unspecified atom stereocenters. The third-order valence-electron chi connectivity index (χ3n) is 6.08. The van der Waals surface area contributed by atoms with Crippen molar-refractivity contribution >= 4 is 34.6 Å². The van der Waals surface area contributed by atoms with Crippen LogP contribution in [0.4, 0.5) is 5.69 Å². The molecule has 0 atom stereocenters. The summed E-state index contributed by atoms with van der Waals surface area (Å²) in [7, 11) is 0. The molecule has 1 N–H and O–H groups in total. The van der Waals surface area contributed by atoms with Crippen LogP contribution in [0.1, 0.15) is 34.4 Å². The molecular weight excluding hydrogens is 486 g/mol. The van der Waals surface area contributed by atoms with Gasteiger partial charge in [-0.05, 0) is 79.0 Å². The molecule has 0 aliphatic heterocycles. The SMILES string of the molecule is Cc1ccccc1CN(CCCc1cncn1Cc1ccc(C#N)cc1)C(=S)Nc1cccc(Cl)c1. The van der Waals surface area contributed by atoms with Crippen LogP contribution in [0, 0.1) is 18.3 Å². The maximum atomic E-state index is 9.02.